The van der Waals surface area contributed by atoms with Crippen LogP contribution in [0, 0.1) is 6.92 Å². The fourth-order valence-electron chi connectivity index (χ4n) is 2.03. The predicted molar refractivity (Wildman–Crippen MR) is 82.1 cm³/mol. The van der Waals surface area contributed by atoms with Crippen LogP contribution in [0.15, 0.2) is 67.1 Å². The third-order valence-corrected chi connectivity index (χ3v) is 5.43. The summed E-state index contributed by atoms with van der Waals surface area (Å²) in [6.45, 7) is 2.05. The molecule has 0 aliphatic rings. The molecule has 3 heterocycles. The third kappa shape index (κ3) is 2.65. The van der Waals surface area contributed by atoms with Gasteiger partial charge >= 0.3 is 0 Å². The first-order valence-corrected chi connectivity index (χ1v) is 7.97. The minimum Gasteiger partial charge on any atom is -0.265 e. The minimum atomic E-state index is -1.23. The second-order valence-electron chi connectivity index (χ2n) is 4.53. The standard InChI is InChI=1S/C16H14N3Si/c1-13-8-9-16(19-12-13)20(14-6-2-4-10-17-14)15-7-3-5-11-18-15/h2-12H,1H3. The number of nitrogens with zero attached hydrogens (tertiary/aromatic N) is 3. The Labute approximate surface area is 120 Å². The van der Waals surface area contributed by atoms with E-state index in [1.165, 1.54) is 0 Å². The van der Waals surface area contributed by atoms with Crippen LogP contribution in [0.1, 0.15) is 5.56 Å². The fraction of sp³-hybridized carbons (Fsp3) is 0.0625. The van der Waals surface area contributed by atoms with Gasteiger partial charge in [0.15, 0.2) is 0 Å². The molecule has 3 aromatic heterocycles. The molecule has 0 amide bonds. The molecular formula is C16H14N3Si. The molecule has 3 rings (SSSR count). The molecule has 1 radical (unpaired) electrons. The Morgan fingerprint density at radius 2 is 1.30 bits per heavy atom. The lowest BCUT2D eigenvalue weighted by molar-refractivity contribution is 1.29. The highest BCUT2D eigenvalue weighted by molar-refractivity contribution is 6.93. The molecule has 3 aromatic rings. The molecule has 0 unspecified atom stereocenters. The van der Waals surface area contributed by atoms with Gasteiger partial charge in [0, 0.05) is 34.5 Å². The molecule has 0 aliphatic carbocycles. The summed E-state index contributed by atoms with van der Waals surface area (Å²) < 4.78 is 0. The van der Waals surface area contributed by atoms with Crippen LogP contribution in [0.3, 0.4) is 0 Å². The zero-order valence-electron chi connectivity index (χ0n) is 11.2. The van der Waals surface area contributed by atoms with Crippen LogP contribution in [0.5, 0.6) is 0 Å². The summed E-state index contributed by atoms with van der Waals surface area (Å²) in [6, 6.07) is 16.2. The van der Waals surface area contributed by atoms with Gasteiger partial charge in [-0.1, -0.05) is 18.2 Å². The number of hydrogen-bond donors (Lipinski definition) is 0. The largest absolute Gasteiger partial charge is 0.265 e. The highest BCUT2D eigenvalue weighted by atomic mass is 28.3. The quantitative estimate of drug-likeness (QED) is 0.661. The maximum absolute atomic E-state index is 4.60. The van der Waals surface area contributed by atoms with E-state index in [0.29, 0.717) is 0 Å². The minimum absolute atomic E-state index is 1.06. The Balaban J connectivity index is 2.11. The summed E-state index contributed by atoms with van der Waals surface area (Å²) in [5, 5.41) is 3.19. The normalized spacial score (nSPS) is 10.7. The molecule has 0 saturated carbocycles. The number of pyridine rings is 3. The average Bonchev–Trinajstić information content (AvgIpc) is 2.52. The molecule has 0 aromatic carbocycles. The third-order valence-electron chi connectivity index (χ3n) is 3.01. The second kappa shape index (κ2) is 5.75. The van der Waals surface area contributed by atoms with Crippen molar-refractivity contribution in [1.82, 2.24) is 15.0 Å². The van der Waals surface area contributed by atoms with Crippen molar-refractivity contribution in [1.29, 1.82) is 0 Å². The zero-order valence-corrected chi connectivity index (χ0v) is 12.2. The lowest BCUT2D eigenvalue weighted by Gasteiger charge is -2.13. The Kier molecular flexibility index (Phi) is 3.65. The van der Waals surface area contributed by atoms with E-state index >= 15 is 0 Å². The monoisotopic (exact) mass is 276 g/mol. The summed E-state index contributed by atoms with van der Waals surface area (Å²) in [5.41, 5.74) is 1.16. The van der Waals surface area contributed by atoms with Crippen LogP contribution < -0.4 is 16.0 Å². The van der Waals surface area contributed by atoms with Gasteiger partial charge in [-0.05, 0) is 42.8 Å². The van der Waals surface area contributed by atoms with Gasteiger partial charge in [0.05, 0.1) is 0 Å². The van der Waals surface area contributed by atoms with Gasteiger partial charge < -0.3 is 0 Å². The maximum atomic E-state index is 4.60. The van der Waals surface area contributed by atoms with Crippen molar-refractivity contribution in [3.8, 4) is 0 Å². The van der Waals surface area contributed by atoms with E-state index in [9.17, 15) is 0 Å². The molecular weight excluding hydrogens is 262 g/mol. The summed E-state index contributed by atoms with van der Waals surface area (Å²) in [5.74, 6) is 0. The molecule has 97 valence electrons. The van der Waals surface area contributed by atoms with Crippen LogP contribution in [0.4, 0.5) is 0 Å². The van der Waals surface area contributed by atoms with Crippen LogP contribution in [0.2, 0.25) is 0 Å². The molecule has 4 heteroatoms. The molecule has 0 bridgehead atoms. The lowest BCUT2D eigenvalue weighted by Crippen LogP contribution is -2.55. The summed E-state index contributed by atoms with van der Waals surface area (Å²) in [7, 11) is -1.23. The van der Waals surface area contributed by atoms with Gasteiger partial charge in [-0.15, -0.1) is 0 Å². The van der Waals surface area contributed by atoms with Gasteiger partial charge in [0.2, 0.25) is 8.80 Å². The van der Waals surface area contributed by atoms with Crippen LogP contribution >= 0.6 is 0 Å². The van der Waals surface area contributed by atoms with Gasteiger partial charge in [0.1, 0.15) is 0 Å². The Morgan fingerprint density at radius 3 is 1.75 bits per heavy atom. The first-order chi connectivity index (χ1) is 9.84. The highest BCUT2D eigenvalue weighted by Gasteiger charge is 2.23. The lowest BCUT2D eigenvalue weighted by atomic mass is 10.3. The van der Waals surface area contributed by atoms with Crippen molar-refractivity contribution in [3.05, 3.63) is 72.7 Å². The summed E-state index contributed by atoms with van der Waals surface area (Å²) in [6.07, 6.45) is 5.57. The van der Waals surface area contributed by atoms with Crippen LogP contribution in [-0.2, 0) is 0 Å². The Bertz CT molecular complexity index is 630. The smallest absolute Gasteiger partial charge is 0.226 e. The van der Waals surface area contributed by atoms with Gasteiger partial charge in [0.25, 0.3) is 0 Å². The number of rotatable bonds is 3. The van der Waals surface area contributed by atoms with Gasteiger partial charge in [-0.2, -0.15) is 0 Å². The van der Waals surface area contributed by atoms with Gasteiger partial charge in [-0.25, -0.2) is 0 Å². The predicted octanol–water partition coefficient (Wildman–Crippen LogP) is 0.696. The van der Waals surface area contributed by atoms with E-state index in [0.717, 1.165) is 21.5 Å². The topological polar surface area (TPSA) is 38.7 Å². The Hall–Kier alpha value is -2.33. The average molecular weight is 276 g/mol. The highest BCUT2D eigenvalue weighted by Crippen LogP contribution is 1.93. The van der Waals surface area contributed by atoms with E-state index in [4.69, 9.17) is 0 Å². The molecule has 0 atom stereocenters. The number of hydrogen-bond acceptors (Lipinski definition) is 3. The summed E-state index contributed by atoms with van der Waals surface area (Å²) >= 11 is 0. The maximum Gasteiger partial charge on any atom is 0.226 e. The molecule has 0 spiro atoms. The van der Waals surface area contributed by atoms with Crippen molar-refractivity contribution in [3.63, 3.8) is 0 Å². The fourth-order valence-corrected chi connectivity index (χ4v) is 4.19. The van der Waals surface area contributed by atoms with E-state index in [1.807, 2.05) is 49.8 Å². The van der Waals surface area contributed by atoms with Crippen molar-refractivity contribution in [2.24, 2.45) is 0 Å². The van der Waals surface area contributed by atoms with E-state index in [-0.39, 0.29) is 0 Å². The van der Waals surface area contributed by atoms with Crippen LogP contribution in [0.25, 0.3) is 0 Å². The van der Waals surface area contributed by atoms with E-state index in [2.05, 4.69) is 39.2 Å². The van der Waals surface area contributed by atoms with E-state index in [1.54, 1.807) is 0 Å². The van der Waals surface area contributed by atoms with Crippen molar-refractivity contribution in [2.75, 3.05) is 0 Å². The van der Waals surface area contributed by atoms with E-state index < -0.39 is 8.80 Å². The molecule has 3 nitrogen and oxygen atoms in total. The Morgan fingerprint density at radius 1 is 0.700 bits per heavy atom. The molecule has 0 saturated heterocycles. The first-order valence-electron chi connectivity index (χ1n) is 6.47. The first kappa shape index (κ1) is 12.7. The number of aromatic nitrogens is 3. The number of aryl methyl sites for hydroxylation is 1. The zero-order chi connectivity index (χ0) is 13.8. The van der Waals surface area contributed by atoms with Crippen LogP contribution in [-0.4, -0.2) is 23.7 Å². The summed E-state index contributed by atoms with van der Waals surface area (Å²) in [4.78, 5) is 13.6. The molecule has 0 fully saturated rings. The molecule has 0 N–H and O–H groups in total. The molecule has 0 aliphatic heterocycles. The van der Waals surface area contributed by atoms with Crippen molar-refractivity contribution in [2.45, 2.75) is 6.92 Å². The van der Waals surface area contributed by atoms with Gasteiger partial charge in [-0.3, -0.25) is 15.0 Å². The molecule has 20 heavy (non-hydrogen) atoms. The van der Waals surface area contributed by atoms with Crippen molar-refractivity contribution >= 4 is 24.7 Å². The van der Waals surface area contributed by atoms with Crippen molar-refractivity contribution < 1.29 is 0 Å². The second-order valence-corrected chi connectivity index (χ2v) is 6.81. The SMILES string of the molecule is Cc1ccc([Si](c2ccccn2)c2ccccn2)nc1.